The Morgan fingerprint density at radius 2 is 2.12 bits per heavy atom. The van der Waals surface area contributed by atoms with Crippen molar-refractivity contribution >= 4 is 23.2 Å². The van der Waals surface area contributed by atoms with Gasteiger partial charge in [0.25, 0.3) is 0 Å². The van der Waals surface area contributed by atoms with Crippen LogP contribution in [0.3, 0.4) is 0 Å². The van der Waals surface area contributed by atoms with Crippen molar-refractivity contribution in [2.75, 3.05) is 13.2 Å². The Morgan fingerprint density at radius 1 is 1.46 bits per heavy atom. The van der Waals surface area contributed by atoms with Crippen LogP contribution in [0.1, 0.15) is 38.3 Å². The molecule has 24 heavy (non-hydrogen) atoms. The van der Waals surface area contributed by atoms with Crippen LogP contribution in [0.5, 0.6) is 0 Å². The Hall–Kier alpha value is -2.02. The molecule has 0 aromatic heterocycles. The minimum absolute atomic E-state index is 0.0929. The van der Waals surface area contributed by atoms with Crippen molar-refractivity contribution < 1.29 is 14.5 Å². The molecule has 1 aliphatic rings. The molecule has 0 bridgehead atoms. The molecule has 0 aliphatic carbocycles. The predicted molar refractivity (Wildman–Crippen MR) is 94.3 cm³/mol. The number of thiocarbonyl (C=S) groups is 1. The third-order valence-electron chi connectivity index (χ3n) is 4.31. The Labute approximate surface area is 146 Å². The summed E-state index contributed by atoms with van der Waals surface area (Å²) in [6, 6.07) is 9.11. The SMILES string of the molecule is CCOC(=O)[C@H]1C[C@H](C[N+](=O)[O-])CC(=S)N1[C@@H](C)c1ccccc1. The molecule has 1 aromatic rings. The van der Waals surface area contributed by atoms with E-state index in [2.05, 4.69) is 0 Å². The zero-order valence-corrected chi connectivity index (χ0v) is 14.7. The summed E-state index contributed by atoms with van der Waals surface area (Å²) in [6.07, 6.45) is 0.834. The summed E-state index contributed by atoms with van der Waals surface area (Å²) in [7, 11) is 0. The molecular weight excluding hydrogens is 328 g/mol. The van der Waals surface area contributed by atoms with E-state index in [0.717, 1.165) is 5.56 Å². The van der Waals surface area contributed by atoms with Gasteiger partial charge in [0.1, 0.15) is 6.04 Å². The average Bonchev–Trinajstić information content (AvgIpc) is 2.54. The third kappa shape index (κ3) is 4.29. The van der Waals surface area contributed by atoms with Crippen LogP contribution in [0, 0.1) is 16.0 Å². The second kappa shape index (κ2) is 8.19. The maximum Gasteiger partial charge on any atom is 0.328 e. The van der Waals surface area contributed by atoms with Crippen molar-refractivity contribution in [3.8, 4) is 0 Å². The maximum atomic E-state index is 12.4. The molecule has 0 N–H and O–H groups in total. The highest BCUT2D eigenvalue weighted by atomic mass is 32.1. The number of hydrogen-bond donors (Lipinski definition) is 0. The number of rotatable bonds is 6. The Kier molecular flexibility index (Phi) is 6.25. The highest BCUT2D eigenvalue weighted by molar-refractivity contribution is 7.80. The van der Waals surface area contributed by atoms with Gasteiger partial charge in [0.05, 0.1) is 17.6 Å². The lowest BCUT2D eigenvalue weighted by Gasteiger charge is -2.42. The van der Waals surface area contributed by atoms with Gasteiger partial charge in [0, 0.05) is 17.3 Å². The first-order chi connectivity index (χ1) is 11.4. The number of ether oxygens (including phenoxy) is 1. The number of piperidine rings is 1. The fourth-order valence-electron chi connectivity index (χ4n) is 3.22. The molecule has 0 radical (unpaired) electrons. The zero-order valence-electron chi connectivity index (χ0n) is 13.9. The molecule has 0 spiro atoms. The monoisotopic (exact) mass is 350 g/mol. The summed E-state index contributed by atoms with van der Waals surface area (Å²) in [5, 5.41) is 10.8. The van der Waals surface area contributed by atoms with Crippen molar-refractivity contribution in [3.05, 3.63) is 46.0 Å². The van der Waals surface area contributed by atoms with E-state index in [1.165, 1.54) is 0 Å². The molecule has 7 heteroatoms. The first kappa shape index (κ1) is 18.3. The molecule has 1 aromatic carbocycles. The molecule has 6 nitrogen and oxygen atoms in total. The van der Waals surface area contributed by atoms with Gasteiger partial charge < -0.3 is 9.64 Å². The van der Waals surface area contributed by atoms with Crippen LogP contribution < -0.4 is 0 Å². The smallest absolute Gasteiger partial charge is 0.328 e. The Bertz CT molecular complexity index is 608. The molecule has 2 rings (SSSR count). The fraction of sp³-hybridized carbons (Fsp3) is 0.529. The fourth-order valence-corrected chi connectivity index (χ4v) is 3.74. The van der Waals surface area contributed by atoms with E-state index >= 15 is 0 Å². The van der Waals surface area contributed by atoms with Crippen LogP contribution in [-0.2, 0) is 9.53 Å². The molecular formula is C17H22N2O4S. The van der Waals surface area contributed by atoms with Crippen LogP contribution in [0.2, 0.25) is 0 Å². The minimum Gasteiger partial charge on any atom is -0.464 e. The molecule has 1 heterocycles. The second-order valence-electron chi connectivity index (χ2n) is 5.98. The Balaban J connectivity index is 2.27. The molecule has 130 valence electrons. The van der Waals surface area contributed by atoms with E-state index in [1.54, 1.807) is 6.92 Å². The lowest BCUT2D eigenvalue weighted by molar-refractivity contribution is -0.488. The summed E-state index contributed by atoms with van der Waals surface area (Å²) in [4.78, 5) is 25.4. The summed E-state index contributed by atoms with van der Waals surface area (Å²) in [6.45, 7) is 3.83. The number of carbonyl (C=O) groups is 1. The number of hydrogen-bond acceptors (Lipinski definition) is 5. The first-order valence-electron chi connectivity index (χ1n) is 8.08. The van der Waals surface area contributed by atoms with Crippen molar-refractivity contribution in [2.45, 2.75) is 38.8 Å². The normalized spacial score (nSPS) is 22.1. The molecule has 1 aliphatic heterocycles. The van der Waals surface area contributed by atoms with E-state index in [1.807, 2.05) is 42.2 Å². The molecule has 3 atom stereocenters. The number of likely N-dealkylation sites (tertiary alicyclic amines) is 1. The summed E-state index contributed by atoms with van der Waals surface area (Å²) in [5.41, 5.74) is 1.04. The van der Waals surface area contributed by atoms with Gasteiger partial charge in [0.15, 0.2) is 0 Å². The van der Waals surface area contributed by atoms with Crippen LogP contribution in [0.15, 0.2) is 30.3 Å². The molecule has 1 saturated heterocycles. The third-order valence-corrected chi connectivity index (χ3v) is 4.69. The van der Waals surface area contributed by atoms with Gasteiger partial charge in [-0.25, -0.2) is 4.79 Å². The van der Waals surface area contributed by atoms with E-state index in [9.17, 15) is 14.9 Å². The molecule has 1 fully saturated rings. The van der Waals surface area contributed by atoms with Gasteiger partial charge in [0.2, 0.25) is 6.54 Å². The summed E-state index contributed by atoms with van der Waals surface area (Å²) < 4.78 is 5.19. The second-order valence-corrected chi connectivity index (χ2v) is 6.45. The van der Waals surface area contributed by atoms with Crippen LogP contribution in [-0.4, -0.2) is 40.0 Å². The van der Waals surface area contributed by atoms with E-state index < -0.39 is 6.04 Å². The lowest BCUT2D eigenvalue weighted by atomic mass is 9.88. The van der Waals surface area contributed by atoms with Gasteiger partial charge in [-0.05, 0) is 25.8 Å². The Morgan fingerprint density at radius 3 is 2.71 bits per heavy atom. The largest absolute Gasteiger partial charge is 0.464 e. The highest BCUT2D eigenvalue weighted by Crippen LogP contribution is 2.33. The quantitative estimate of drug-likeness (QED) is 0.340. The number of benzene rings is 1. The number of nitro groups is 1. The van der Waals surface area contributed by atoms with Crippen LogP contribution in [0.25, 0.3) is 0 Å². The van der Waals surface area contributed by atoms with Crippen molar-refractivity contribution in [1.29, 1.82) is 0 Å². The maximum absolute atomic E-state index is 12.4. The molecule has 0 amide bonds. The van der Waals surface area contributed by atoms with Crippen molar-refractivity contribution in [2.24, 2.45) is 5.92 Å². The molecule has 0 unspecified atom stereocenters. The number of carbonyl (C=O) groups excluding carboxylic acids is 1. The van der Waals surface area contributed by atoms with E-state index in [0.29, 0.717) is 17.8 Å². The van der Waals surface area contributed by atoms with Gasteiger partial charge in [-0.15, -0.1) is 0 Å². The van der Waals surface area contributed by atoms with Gasteiger partial charge in [-0.1, -0.05) is 42.5 Å². The van der Waals surface area contributed by atoms with Gasteiger partial charge >= 0.3 is 5.97 Å². The lowest BCUT2D eigenvalue weighted by Crippen LogP contribution is -2.52. The zero-order chi connectivity index (χ0) is 17.7. The standard InChI is InChI=1S/C17H22N2O4S/c1-3-23-17(20)15-9-13(11-18(21)22)10-16(24)19(15)12(2)14-7-5-4-6-8-14/h4-8,12-13,15H,3,9-11H2,1-2H3/t12-,13-,15+/m0/s1. The van der Waals surface area contributed by atoms with Crippen molar-refractivity contribution in [1.82, 2.24) is 4.90 Å². The predicted octanol–water partition coefficient (Wildman–Crippen LogP) is 3.00. The topological polar surface area (TPSA) is 72.7 Å². The van der Waals surface area contributed by atoms with Crippen LogP contribution >= 0.6 is 12.2 Å². The minimum atomic E-state index is -0.577. The summed E-state index contributed by atoms with van der Waals surface area (Å²) in [5.74, 6) is -0.600. The van der Waals surface area contributed by atoms with Gasteiger partial charge in [-0.2, -0.15) is 0 Å². The first-order valence-corrected chi connectivity index (χ1v) is 8.49. The summed E-state index contributed by atoms with van der Waals surface area (Å²) >= 11 is 5.51. The van der Waals surface area contributed by atoms with Crippen molar-refractivity contribution in [3.63, 3.8) is 0 Å². The van der Waals surface area contributed by atoms with E-state index in [-0.39, 0.29) is 36.0 Å². The number of esters is 1. The molecule has 0 saturated carbocycles. The van der Waals surface area contributed by atoms with E-state index in [4.69, 9.17) is 17.0 Å². The van der Waals surface area contributed by atoms with Crippen LogP contribution in [0.4, 0.5) is 0 Å². The number of nitrogens with zero attached hydrogens (tertiary/aromatic N) is 2. The van der Waals surface area contributed by atoms with Gasteiger partial charge in [-0.3, -0.25) is 10.1 Å². The average molecular weight is 350 g/mol. The highest BCUT2D eigenvalue weighted by Gasteiger charge is 2.41.